The molecule has 7 heteroatoms. The number of carbonyl (C=O) groups excluding carboxylic acids is 1. The van der Waals surface area contributed by atoms with Crippen molar-refractivity contribution in [3.63, 3.8) is 0 Å². The second kappa shape index (κ2) is 5.72. The van der Waals surface area contributed by atoms with E-state index >= 15 is 0 Å². The molecule has 0 unspecified atom stereocenters. The van der Waals surface area contributed by atoms with Gasteiger partial charge < -0.3 is 14.9 Å². The van der Waals surface area contributed by atoms with Gasteiger partial charge in [0, 0.05) is 27.2 Å². The number of hydrogen-bond donors (Lipinski definition) is 2. The lowest BCUT2D eigenvalue weighted by Gasteiger charge is -2.23. The van der Waals surface area contributed by atoms with Gasteiger partial charge in [-0.25, -0.2) is 9.78 Å². The maximum atomic E-state index is 12.4. The number of aliphatic carboxylic acids is 1. The number of carbonyl (C=O) groups is 2. The highest BCUT2D eigenvalue weighted by molar-refractivity contribution is 5.90. The van der Waals surface area contributed by atoms with Crippen molar-refractivity contribution >= 4 is 23.5 Å². The summed E-state index contributed by atoms with van der Waals surface area (Å²) in [4.78, 5) is 31.8. The van der Waals surface area contributed by atoms with Crippen molar-refractivity contribution in [2.75, 3.05) is 37.4 Å². The summed E-state index contributed by atoms with van der Waals surface area (Å²) in [5.74, 6) is -0.236. The number of urea groups is 1. The first-order valence-corrected chi connectivity index (χ1v) is 7.85. The fraction of sp³-hybridized carbons (Fsp3) is 0.562. The van der Waals surface area contributed by atoms with E-state index in [9.17, 15) is 14.7 Å². The summed E-state index contributed by atoms with van der Waals surface area (Å²) in [7, 11) is 3.84. The van der Waals surface area contributed by atoms with Crippen molar-refractivity contribution in [3.05, 3.63) is 18.3 Å². The Morgan fingerprint density at radius 2 is 2.22 bits per heavy atom. The van der Waals surface area contributed by atoms with Crippen molar-refractivity contribution in [1.82, 2.24) is 9.88 Å². The number of anilines is 2. The second-order valence-corrected chi connectivity index (χ2v) is 6.66. The van der Waals surface area contributed by atoms with Crippen molar-refractivity contribution < 1.29 is 14.7 Å². The van der Waals surface area contributed by atoms with E-state index in [-0.39, 0.29) is 18.5 Å². The van der Waals surface area contributed by atoms with Gasteiger partial charge in [-0.05, 0) is 30.9 Å². The van der Waals surface area contributed by atoms with E-state index in [1.165, 1.54) is 0 Å². The van der Waals surface area contributed by atoms with Gasteiger partial charge >= 0.3 is 12.0 Å². The number of pyridine rings is 1. The molecule has 2 amide bonds. The number of aromatic nitrogens is 1. The van der Waals surface area contributed by atoms with E-state index in [2.05, 4.69) is 10.3 Å². The smallest absolute Gasteiger partial charge is 0.323 e. The average molecular weight is 318 g/mol. The van der Waals surface area contributed by atoms with Crippen LogP contribution in [0.1, 0.15) is 19.3 Å². The van der Waals surface area contributed by atoms with Crippen LogP contribution in [0.5, 0.6) is 0 Å². The quantitative estimate of drug-likeness (QED) is 0.888. The molecule has 0 bridgehead atoms. The molecular weight excluding hydrogens is 296 g/mol. The number of likely N-dealkylation sites (tertiary alicyclic amines) is 1. The topological polar surface area (TPSA) is 85.8 Å². The van der Waals surface area contributed by atoms with E-state index in [4.69, 9.17) is 0 Å². The molecule has 1 aliphatic heterocycles. The van der Waals surface area contributed by atoms with Crippen LogP contribution < -0.4 is 10.2 Å². The molecule has 7 nitrogen and oxygen atoms in total. The lowest BCUT2D eigenvalue weighted by Crippen LogP contribution is -2.38. The minimum atomic E-state index is -0.774. The summed E-state index contributed by atoms with van der Waals surface area (Å²) in [5, 5.41) is 12.3. The monoisotopic (exact) mass is 318 g/mol. The summed E-state index contributed by atoms with van der Waals surface area (Å²) < 4.78 is 0. The maximum absolute atomic E-state index is 12.4. The molecule has 0 spiro atoms. The first kappa shape index (κ1) is 15.6. The molecular formula is C16H22N4O3. The van der Waals surface area contributed by atoms with E-state index < -0.39 is 11.4 Å². The van der Waals surface area contributed by atoms with Crippen molar-refractivity contribution in [2.24, 2.45) is 11.3 Å². The molecule has 2 fully saturated rings. The summed E-state index contributed by atoms with van der Waals surface area (Å²) in [5.41, 5.74) is 0.197. The molecule has 2 aliphatic rings. The van der Waals surface area contributed by atoms with E-state index in [1.54, 1.807) is 17.2 Å². The molecule has 124 valence electrons. The molecule has 2 atom stereocenters. The zero-order valence-electron chi connectivity index (χ0n) is 13.5. The number of nitrogens with one attached hydrogen (secondary N) is 1. The van der Waals surface area contributed by atoms with Crippen molar-refractivity contribution in [1.29, 1.82) is 0 Å². The molecule has 1 saturated carbocycles. The van der Waals surface area contributed by atoms with E-state index in [0.29, 0.717) is 18.8 Å². The van der Waals surface area contributed by atoms with Gasteiger partial charge in [-0.1, -0.05) is 6.42 Å². The van der Waals surface area contributed by atoms with Gasteiger partial charge in [0.05, 0.1) is 17.3 Å². The van der Waals surface area contributed by atoms with Crippen LogP contribution in [-0.4, -0.2) is 54.2 Å². The first-order valence-electron chi connectivity index (χ1n) is 7.85. The maximum Gasteiger partial charge on any atom is 0.323 e. The fourth-order valence-electron chi connectivity index (χ4n) is 3.71. The zero-order chi connectivity index (χ0) is 16.6. The minimum Gasteiger partial charge on any atom is -0.481 e. The molecule has 1 saturated heterocycles. The summed E-state index contributed by atoms with van der Waals surface area (Å²) in [6.45, 7) is 0.794. The minimum absolute atomic E-state index is 0.0647. The van der Waals surface area contributed by atoms with Crippen LogP contribution in [0.15, 0.2) is 18.3 Å². The van der Waals surface area contributed by atoms with E-state index in [0.717, 1.165) is 18.5 Å². The zero-order valence-corrected chi connectivity index (χ0v) is 13.5. The molecule has 1 aromatic heterocycles. The fourth-order valence-corrected chi connectivity index (χ4v) is 3.71. The van der Waals surface area contributed by atoms with Gasteiger partial charge in [-0.2, -0.15) is 0 Å². The first-order chi connectivity index (χ1) is 10.9. The Bertz CT molecular complexity index is 616. The number of carboxylic acid groups (broad SMARTS) is 1. The summed E-state index contributed by atoms with van der Waals surface area (Å²) in [6.07, 6.45) is 4.16. The Labute approximate surface area is 135 Å². The van der Waals surface area contributed by atoms with Gasteiger partial charge in [0.25, 0.3) is 0 Å². The molecule has 2 N–H and O–H groups in total. The SMILES string of the molecule is CN(C)c1ccc(NC(=O)N2C[C@@H]3CCC[C@@]3(C(=O)O)C2)nc1. The molecule has 0 radical (unpaired) electrons. The predicted molar refractivity (Wildman–Crippen MR) is 86.6 cm³/mol. The second-order valence-electron chi connectivity index (χ2n) is 6.66. The van der Waals surface area contributed by atoms with Crippen LogP contribution >= 0.6 is 0 Å². The number of nitrogens with zero attached hydrogens (tertiary/aromatic N) is 3. The Kier molecular flexibility index (Phi) is 3.87. The Hall–Kier alpha value is -2.31. The Morgan fingerprint density at radius 3 is 2.78 bits per heavy atom. The number of hydrogen-bond acceptors (Lipinski definition) is 4. The van der Waals surface area contributed by atoms with Gasteiger partial charge in [-0.3, -0.25) is 10.1 Å². The molecule has 1 aromatic rings. The third kappa shape index (κ3) is 2.71. The normalized spacial score (nSPS) is 26.0. The highest BCUT2D eigenvalue weighted by Crippen LogP contribution is 2.48. The van der Waals surface area contributed by atoms with E-state index in [1.807, 2.05) is 25.1 Å². The Morgan fingerprint density at radius 1 is 1.43 bits per heavy atom. The number of fused-ring (bicyclic) bond motifs is 1. The lowest BCUT2D eigenvalue weighted by molar-refractivity contribution is -0.149. The Balaban J connectivity index is 1.67. The summed E-state index contributed by atoms with van der Waals surface area (Å²) >= 11 is 0. The largest absolute Gasteiger partial charge is 0.481 e. The number of amides is 2. The summed E-state index contributed by atoms with van der Waals surface area (Å²) in [6, 6.07) is 3.35. The lowest BCUT2D eigenvalue weighted by atomic mass is 9.81. The van der Waals surface area contributed by atoms with Crippen LogP contribution in [0.3, 0.4) is 0 Å². The molecule has 3 rings (SSSR count). The van der Waals surface area contributed by atoms with Gasteiger partial charge in [0.15, 0.2) is 0 Å². The molecule has 23 heavy (non-hydrogen) atoms. The van der Waals surface area contributed by atoms with Crippen LogP contribution in [0.25, 0.3) is 0 Å². The standard InChI is InChI=1S/C16H22N4O3/c1-19(2)12-5-6-13(17-8-12)18-15(23)20-9-11-4-3-7-16(11,10-20)14(21)22/h5-6,8,11H,3-4,7,9-10H2,1-2H3,(H,21,22)(H,17,18,23)/t11-,16+/m0/s1. The predicted octanol–water partition coefficient (Wildman–Crippen LogP) is 1.87. The van der Waals surface area contributed by atoms with Crippen LogP contribution in [-0.2, 0) is 4.79 Å². The van der Waals surface area contributed by atoms with Gasteiger partial charge in [-0.15, -0.1) is 0 Å². The van der Waals surface area contributed by atoms with Gasteiger partial charge in [0.2, 0.25) is 0 Å². The number of carboxylic acids is 1. The van der Waals surface area contributed by atoms with Crippen LogP contribution in [0.2, 0.25) is 0 Å². The third-order valence-electron chi connectivity index (χ3n) is 5.08. The molecule has 2 heterocycles. The molecule has 0 aromatic carbocycles. The number of rotatable bonds is 3. The average Bonchev–Trinajstić information content (AvgIpc) is 3.05. The van der Waals surface area contributed by atoms with Crippen LogP contribution in [0, 0.1) is 11.3 Å². The molecule has 1 aliphatic carbocycles. The van der Waals surface area contributed by atoms with Crippen LogP contribution in [0.4, 0.5) is 16.3 Å². The highest BCUT2D eigenvalue weighted by atomic mass is 16.4. The van der Waals surface area contributed by atoms with Gasteiger partial charge in [0.1, 0.15) is 5.82 Å². The van der Waals surface area contributed by atoms with Crippen molar-refractivity contribution in [3.8, 4) is 0 Å². The van der Waals surface area contributed by atoms with Crippen molar-refractivity contribution in [2.45, 2.75) is 19.3 Å². The highest BCUT2D eigenvalue weighted by Gasteiger charge is 2.55. The third-order valence-corrected chi connectivity index (χ3v) is 5.08.